The fourth-order valence-corrected chi connectivity index (χ4v) is 0.654. The molecular weight excluding hydrogens is 278 g/mol. The molecule has 0 spiro atoms. The molecule has 0 atom stereocenters. The van der Waals surface area contributed by atoms with Crippen molar-refractivity contribution < 1.29 is 34.5 Å². The Labute approximate surface area is 113 Å². The van der Waals surface area contributed by atoms with Crippen LogP contribution in [0.3, 0.4) is 0 Å². The molecule has 11 nitrogen and oxygen atoms in total. The minimum atomic E-state index is -1.26. The topological polar surface area (TPSA) is 182 Å². The number of carbonyl (C=O) groups is 3. The Balaban J connectivity index is 0. The third-order valence-corrected chi connectivity index (χ3v) is 1.39. The average molecular weight is 293 g/mol. The van der Waals surface area contributed by atoms with E-state index in [-0.39, 0.29) is 19.1 Å². The number of carboxylic acid groups (broad SMARTS) is 2. The molecule has 114 valence electrons. The van der Waals surface area contributed by atoms with Gasteiger partial charge >= 0.3 is 11.9 Å². The van der Waals surface area contributed by atoms with Gasteiger partial charge in [0.15, 0.2) is 0 Å². The van der Waals surface area contributed by atoms with Crippen molar-refractivity contribution in [2.45, 2.75) is 6.42 Å². The van der Waals surface area contributed by atoms with E-state index in [0.717, 1.165) is 0 Å². The maximum absolute atomic E-state index is 10.5. The molecule has 0 aromatic carbocycles. The summed E-state index contributed by atoms with van der Waals surface area (Å²) in [7, 11) is 0. The van der Waals surface area contributed by atoms with Crippen LogP contribution in [0.4, 0.5) is 0 Å². The first-order chi connectivity index (χ1) is 9.29. The standard InChI is InChI=1S/C5H11N3O4.C4H4O4/c6-4-5(9)7-2-1-3-12-8(10)11;5-3(6)1-2-4(7)8/h1-4,6H2,(H,7,9);1-2H,(H,5,6)(H,7,8). The van der Waals surface area contributed by atoms with Gasteiger partial charge in [-0.15, -0.1) is 10.1 Å². The number of hydrogen-bond acceptors (Lipinski definition) is 7. The summed E-state index contributed by atoms with van der Waals surface area (Å²) in [6, 6.07) is 0. The lowest BCUT2D eigenvalue weighted by molar-refractivity contribution is -0.757. The number of nitrogens with two attached hydrogens (primary N) is 1. The van der Waals surface area contributed by atoms with Crippen LogP contribution in [-0.2, 0) is 19.2 Å². The van der Waals surface area contributed by atoms with Crippen molar-refractivity contribution >= 4 is 17.8 Å². The highest BCUT2D eigenvalue weighted by Gasteiger charge is 1.96. The Morgan fingerprint density at radius 2 is 1.75 bits per heavy atom. The zero-order chi connectivity index (χ0) is 16.0. The van der Waals surface area contributed by atoms with Crippen molar-refractivity contribution in [3.8, 4) is 0 Å². The minimum Gasteiger partial charge on any atom is -0.478 e. The Morgan fingerprint density at radius 3 is 2.10 bits per heavy atom. The normalized spacial score (nSPS) is 9.25. The summed E-state index contributed by atoms with van der Waals surface area (Å²) in [6.07, 6.45) is 1.51. The van der Waals surface area contributed by atoms with Gasteiger partial charge < -0.3 is 26.1 Å². The van der Waals surface area contributed by atoms with Gasteiger partial charge in [-0.3, -0.25) is 4.79 Å². The quantitative estimate of drug-likeness (QED) is 0.176. The second-order valence-corrected chi connectivity index (χ2v) is 2.97. The molecule has 0 radical (unpaired) electrons. The first kappa shape index (κ1) is 19.6. The number of aliphatic carboxylic acids is 2. The predicted octanol–water partition coefficient (Wildman–Crippen LogP) is -1.63. The summed E-state index contributed by atoms with van der Waals surface area (Å²) in [4.78, 5) is 43.2. The van der Waals surface area contributed by atoms with Crippen LogP contribution in [0.25, 0.3) is 0 Å². The van der Waals surface area contributed by atoms with E-state index in [4.69, 9.17) is 15.9 Å². The molecule has 0 bridgehead atoms. The molecule has 20 heavy (non-hydrogen) atoms. The van der Waals surface area contributed by atoms with Crippen LogP contribution in [0.1, 0.15) is 6.42 Å². The third kappa shape index (κ3) is 20.7. The summed E-state index contributed by atoms with van der Waals surface area (Å²) in [5.74, 6) is -2.80. The van der Waals surface area contributed by atoms with Crippen molar-refractivity contribution in [3.05, 3.63) is 22.3 Å². The summed E-state index contributed by atoms with van der Waals surface area (Å²) in [5.41, 5.74) is 4.98. The van der Waals surface area contributed by atoms with Crippen molar-refractivity contribution in [1.29, 1.82) is 0 Å². The highest BCUT2D eigenvalue weighted by atomic mass is 16.9. The number of amides is 1. The first-order valence-electron chi connectivity index (χ1n) is 5.17. The maximum Gasteiger partial charge on any atom is 0.328 e. The fraction of sp³-hybridized carbons (Fsp3) is 0.444. The molecule has 5 N–H and O–H groups in total. The zero-order valence-electron chi connectivity index (χ0n) is 10.4. The van der Waals surface area contributed by atoms with Crippen molar-refractivity contribution in [3.63, 3.8) is 0 Å². The van der Waals surface area contributed by atoms with E-state index in [2.05, 4.69) is 10.2 Å². The van der Waals surface area contributed by atoms with Gasteiger partial charge in [-0.25, -0.2) is 9.59 Å². The van der Waals surface area contributed by atoms with Crippen LogP contribution in [-0.4, -0.2) is 52.8 Å². The van der Waals surface area contributed by atoms with Crippen LogP contribution in [0.2, 0.25) is 0 Å². The fourth-order valence-electron chi connectivity index (χ4n) is 0.654. The predicted molar refractivity (Wildman–Crippen MR) is 64.0 cm³/mol. The van der Waals surface area contributed by atoms with Crippen molar-refractivity contribution in [2.75, 3.05) is 19.7 Å². The second kappa shape index (κ2) is 12.8. The Hall–Kier alpha value is -2.69. The molecule has 0 heterocycles. The van der Waals surface area contributed by atoms with E-state index < -0.39 is 17.0 Å². The van der Waals surface area contributed by atoms with Gasteiger partial charge in [-0.1, -0.05) is 0 Å². The summed E-state index contributed by atoms with van der Waals surface area (Å²) in [5, 5.41) is 26.8. The Bertz CT molecular complexity index is 352. The lowest BCUT2D eigenvalue weighted by Gasteiger charge is -2.01. The molecule has 0 saturated carbocycles. The lowest BCUT2D eigenvalue weighted by Crippen LogP contribution is -2.31. The molecule has 1 amide bonds. The monoisotopic (exact) mass is 293 g/mol. The van der Waals surface area contributed by atoms with Crippen LogP contribution in [0, 0.1) is 10.1 Å². The highest BCUT2D eigenvalue weighted by molar-refractivity contribution is 5.89. The van der Waals surface area contributed by atoms with E-state index in [0.29, 0.717) is 25.1 Å². The molecule has 0 unspecified atom stereocenters. The molecule has 0 fully saturated rings. The van der Waals surface area contributed by atoms with E-state index in [1.165, 1.54) is 0 Å². The first-order valence-corrected chi connectivity index (χ1v) is 5.17. The highest BCUT2D eigenvalue weighted by Crippen LogP contribution is 1.80. The summed E-state index contributed by atoms with van der Waals surface area (Å²) in [6.45, 7) is 0.248. The number of hydrogen-bond donors (Lipinski definition) is 4. The molecule has 0 aromatic rings. The Kier molecular flexibility index (Phi) is 12.5. The molecule has 0 aliphatic rings. The molecular formula is C9H15N3O8. The molecule has 0 aromatic heterocycles. The molecule has 0 rings (SSSR count). The van der Waals surface area contributed by atoms with E-state index >= 15 is 0 Å². The number of nitrogens with zero attached hydrogens (tertiary/aromatic N) is 1. The molecule has 0 aliphatic carbocycles. The van der Waals surface area contributed by atoms with Gasteiger partial charge in [0, 0.05) is 18.7 Å². The van der Waals surface area contributed by atoms with Gasteiger partial charge in [0.2, 0.25) is 5.91 Å². The minimum absolute atomic E-state index is 0.0160. The number of rotatable bonds is 8. The van der Waals surface area contributed by atoms with Crippen LogP contribution < -0.4 is 11.1 Å². The molecule has 11 heteroatoms. The number of carboxylic acids is 2. The molecule has 0 aliphatic heterocycles. The largest absolute Gasteiger partial charge is 0.478 e. The van der Waals surface area contributed by atoms with Crippen LogP contribution >= 0.6 is 0 Å². The van der Waals surface area contributed by atoms with E-state index in [1.807, 2.05) is 0 Å². The van der Waals surface area contributed by atoms with Crippen LogP contribution in [0.5, 0.6) is 0 Å². The smallest absolute Gasteiger partial charge is 0.328 e. The Morgan fingerprint density at radius 1 is 1.25 bits per heavy atom. The van der Waals surface area contributed by atoms with Crippen LogP contribution in [0.15, 0.2) is 12.2 Å². The summed E-state index contributed by atoms with van der Waals surface area (Å²) < 4.78 is 0. The van der Waals surface area contributed by atoms with E-state index in [9.17, 15) is 24.5 Å². The van der Waals surface area contributed by atoms with Gasteiger partial charge in [0.25, 0.3) is 5.09 Å². The maximum atomic E-state index is 10.5. The van der Waals surface area contributed by atoms with Gasteiger partial charge in [-0.2, -0.15) is 0 Å². The second-order valence-electron chi connectivity index (χ2n) is 2.97. The number of nitrogens with one attached hydrogen (secondary N) is 1. The zero-order valence-corrected chi connectivity index (χ0v) is 10.4. The van der Waals surface area contributed by atoms with Gasteiger partial charge in [0.1, 0.15) is 0 Å². The molecule has 0 saturated heterocycles. The third-order valence-electron chi connectivity index (χ3n) is 1.39. The summed E-state index contributed by atoms with van der Waals surface area (Å²) >= 11 is 0. The van der Waals surface area contributed by atoms with E-state index in [1.54, 1.807) is 0 Å². The lowest BCUT2D eigenvalue weighted by atomic mass is 10.4. The van der Waals surface area contributed by atoms with Gasteiger partial charge in [-0.05, 0) is 6.42 Å². The van der Waals surface area contributed by atoms with Crippen molar-refractivity contribution in [2.24, 2.45) is 5.73 Å². The van der Waals surface area contributed by atoms with Crippen molar-refractivity contribution in [1.82, 2.24) is 5.32 Å². The average Bonchev–Trinajstić information content (AvgIpc) is 2.36. The van der Waals surface area contributed by atoms with Gasteiger partial charge in [0.05, 0.1) is 13.2 Å². The number of carbonyl (C=O) groups excluding carboxylic acids is 1. The SMILES string of the molecule is NCC(=O)NCCCO[N+](=O)[O-].O=C(O)C=CC(=O)O.